The van der Waals surface area contributed by atoms with Gasteiger partial charge < -0.3 is 5.11 Å². The summed E-state index contributed by atoms with van der Waals surface area (Å²) in [6.45, 7) is 1.74. The number of rotatable bonds is 4. The predicted molar refractivity (Wildman–Crippen MR) is 55.7 cm³/mol. The number of carboxylic acid groups (broad SMARTS) is 1. The zero-order valence-corrected chi connectivity index (χ0v) is 9.10. The molecule has 1 aromatic heterocycles. The van der Waals surface area contributed by atoms with Gasteiger partial charge in [-0.1, -0.05) is 6.92 Å². The Bertz CT molecular complexity index is 380. The van der Waals surface area contributed by atoms with E-state index in [1.165, 1.54) is 18.4 Å². The van der Waals surface area contributed by atoms with Crippen molar-refractivity contribution in [3.05, 3.63) is 17.5 Å². The van der Waals surface area contributed by atoms with Gasteiger partial charge in [0.05, 0.1) is 12.1 Å². The number of nitrogens with zero attached hydrogens (tertiary/aromatic N) is 2. The van der Waals surface area contributed by atoms with Gasteiger partial charge >= 0.3 is 5.97 Å². The van der Waals surface area contributed by atoms with Crippen LogP contribution in [0, 0.1) is 5.92 Å². The Morgan fingerprint density at radius 2 is 2.40 bits per heavy atom. The molecule has 15 heavy (non-hydrogen) atoms. The predicted octanol–water partition coefficient (Wildman–Crippen LogP) is 1.56. The average molecular weight is 208 g/mol. The maximum atomic E-state index is 10.8. The molecule has 1 saturated carbocycles. The number of hydrogen-bond donors (Lipinski definition) is 1. The first-order valence-electron chi connectivity index (χ1n) is 5.33. The van der Waals surface area contributed by atoms with Gasteiger partial charge in [-0.05, 0) is 24.3 Å². The molecule has 82 valence electrons. The number of carbonyl (C=O) groups is 1. The molecule has 1 unspecified atom stereocenters. The fourth-order valence-electron chi connectivity index (χ4n) is 1.84. The molecule has 4 nitrogen and oxygen atoms in total. The van der Waals surface area contributed by atoms with E-state index in [4.69, 9.17) is 5.11 Å². The van der Waals surface area contributed by atoms with E-state index in [0.717, 1.165) is 5.69 Å². The number of aromatic nitrogens is 2. The third kappa shape index (κ3) is 2.03. The lowest BCUT2D eigenvalue weighted by Gasteiger charge is -2.08. The largest absolute Gasteiger partial charge is 0.481 e. The van der Waals surface area contributed by atoms with Crippen LogP contribution in [0.15, 0.2) is 6.20 Å². The quantitative estimate of drug-likeness (QED) is 0.817. The van der Waals surface area contributed by atoms with Crippen molar-refractivity contribution in [3.8, 4) is 0 Å². The van der Waals surface area contributed by atoms with Crippen LogP contribution in [0.4, 0.5) is 0 Å². The maximum Gasteiger partial charge on any atom is 0.306 e. The minimum Gasteiger partial charge on any atom is -0.481 e. The van der Waals surface area contributed by atoms with Crippen molar-refractivity contribution in [3.63, 3.8) is 0 Å². The molecule has 4 heteroatoms. The van der Waals surface area contributed by atoms with Gasteiger partial charge in [0, 0.05) is 19.2 Å². The van der Waals surface area contributed by atoms with Crippen LogP contribution in [0.5, 0.6) is 0 Å². The van der Waals surface area contributed by atoms with E-state index in [9.17, 15) is 4.79 Å². The lowest BCUT2D eigenvalue weighted by Crippen LogP contribution is -2.15. The van der Waals surface area contributed by atoms with E-state index >= 15 is 0 Å². The van der Waals surface area contributed by atoms with Crippen molar-refractivity contribution in [1.29, 1.82) is 0 Å². The van der Waals surface area contributed by atoms with Crippen LogP contribution >= 0.6 is 0 Å². The topological polar surface area (TPSA) is 55.1 Å². The van der Waals surface area contributed by atoms with Crippen LogP contribution in [0.1, 0.15) is 36.9 Å². The third-order valence-electron chi connectivity index (χ3n) is 3.03. The first kappa shape index (κ1) is 10.2. The maximum absolute atomic E-state index is 10.8. The Kier molecular flexibility index (Phi) is 2.50. The zero-order chi connectivity index (χ0) is 11.0. The second-order valence-corrected chi connectivity index (χ2v) is 4.39. The summed E-state index contributed by atoms with van der Waals surface area (Å²) in [5, 5.41) is 13.1. The Morgan fingerprint density at radius 1 is 1.73 bits per heavy atom. The van der Waals surface area contributed by atoms with Crippen molar-refractivity contribution in [2.45, 2.75) is 32.1 Å². The fourth-order valence-corrected chi connectivity index (χ4v) is 1.84. The van der Waals surface area contributed by atoms with Crippen molar-refractivity contribution in [1.82, 2.24) is 9.78 Å². The molecule has 1 aliphatic rings. The van der Waals surface area contributed by atoms with Gasteiger partial charge in [0.25, 0.3) is 0 Å². The average Bonchev–Trinajstić information content (AvgIpc) is 2.95. The van der Waals surface area contributed by atoms with Crippen molar-refractivity contribution >= 4 is 5.97 Å². The molecule has 1 aromatic rings. The van der Waals surface area contributed by atoms with Gasteiger partial charge in [-0.25, -0.2) is 0 Å². The van der Waals surface area contributed by atoms with Crippen molar-refractivity contribution in [2.75, 3.05) is 0 Å². The molecule has 0 aromatic carbocycles. The van der Waals surface area contributed by atoms with E-state index in [2.05, 4.69) is 5.10 Å². The van der Waals surface area contributed by atoms with Crippen LogP contribution in [-0.2, 0) is 18.3 Å². The van der Waals surface area contributed by atoms with Crippen LogP contribution in [0.3, 0.4) is 0 Å². The molecule has 0 radical (unpaired) electrons. The summed E-state index contributed by atoms with van der Waals surface area (Å²) in [5.74, 6) is -0.439. The summed E-state index contributed by atoms with van der Waals surface area (Å²) in [4.78, 5) is 10.8. The number of hydrogen-bond acceptors (Lipinski definition) is 2. The smallest absolute Gasteiger partial charge is 0.306 e. The third-order valence-corrected chi connectivity index (χ3v) is 3.03. The highest BCUT2D eigenvalue weighted by atomic mass is 16.4. The van der Waals surface area contributed by atoms with Crippen molar-refractivity contribution in [2.24, 2.45) is 13.0 Å². The SMILES string of the molecule is CC(Cc1c(C2CC2)cnn1C)C(=O)O. The molecule has 0 saturated heterocycles. The molecule has 2 rings (SSSR count). The van der Waals surface area contributed by atoms with Crippen LogP contribution in [-0.4, -0.2) is 20.9 Å². The minimum atomic E-state index is -0.738. The Morgan fingerprint density at radius 3 is 2.93 bits per heavy atom. The van der Waals surface area contributed by atoms with E-state index in [-0.39, 0.29) is 5.92 Å². The molecule has 1 atom stereocenters. The monoisotopic (exact) mass is 208 g/mol. The second-order valence-electron chi connectivity index (χ2n) is 4.39. The van der Waals surface area contributed by atoms with Crippen LogP contribution < -0.4 is 0 Å². The van der Waals surface area contributed by atoms with Crippen molar-refractivity contribution < 1.29 is 9.90 Å². The highest BCUT2D eigenvalue weighted by molar-refractivity contribution is 5.69. The molecular weight excluding hydrogens is 192 g/mol. The highest BCUT2D eigenvalue weighted by Gasteiger charge is 2.29. The summed E-state index contributed by atoms with van der Waals surface area (Å²) in [5.41, 5.74) is 2.35. The Balaban J connectivity index is 2.18. The molecule has 1 aliphatic carbocycles. The molecule has 1 N–H and O–H groups in total. The van der Waals surface area contributed by atoms with Gasteiger partial charge in [0.1, 0.15) is 0 Å². The molecule has 0 spiro atoms. The van der Waals surface area contributed by atoms with Gasteiger partial charge in [0.2, 0.25) is 0 Å². The fraction of sp³-hybridized carbons (Fsp3) is 0.636. The molecule has 1 fully saturated rings. The first-order chi connectivity index (χ1) is 7.09. The standard InChI is InChI=1S/C11H16N2O2/c1-7(11(14)15)5-10-9(8-3-4-8)6-12-13(10)2/h6-8H,3-5H2,1-2H3,(H,14,15). The Labute approximate surface area is 88.9 Å². The van der Waals surface area contributed by atoms with Gasteiger partial charge in [0.15, 0.2) is 0 Å². The van der Waals surface area contributed by atoms with E-state index in [1.807, 2.05) is 17.9 Å². The Hall–Kier alpha value is -1.32. The summed E-state index contributed by atoms with van der Waals surface area (Å²) < 4.78 is 1.81. The van der Waals surface area contributed by atoms with Gasteiger partial charge in [-0.3, -0.25) is 9.48 Å². The number of aliphatic carboxylic acids is 1. The molecule has 0 amide bonds. The highest BCUT2D eigenvalue weighted by Crippen LogP contribution is 2.41. The molecular formula is C11H16N2O2. The molecule has 0 bridgehead atoms. The van der Waals surface area contributed by atoms with Crippen LogP contribution in [0.25, 0.3) is 0 Å². The summed E-state index contributed by atoms with van der Waals surface area (Å²) in [6.07, 6.45) is 4.92. The zero-order valence-electron chi connectivity index (χ0n) is 9.10. The summed E-state index contributed by atoms with van der Waals surface area (Å²) >= 11 is 0. The van der Waals surface area contributed by atoms with E-state index in [0.29, 0.717) is 12.3 Å². The van der Waals surface area contributed by atoms with E-state index < -0.39 is 5.97 Å². The van der Waals surface area contributed by atoms with Crippen LogP contribution in [0.2, 0.25) is 0 Å². The minimum absolute atomic E-state index is 0.335. The summed E-state index contributed by atoms with van der Waals surface area (Å²) in [7, 11) is 1.88. The second kappa shape index (κ2) is 3.68. The number of carboxylic acids is 1. The first-order valence-corrected chi connectivity index (χ1v) is 5.33. The van der Waals surface area contributed by atoms with Gasteiger partial charge in [-0.15, -0.1) is 0 Å². The molecule has 0 aliphatic heterocycles. The summed E-state index contributed by atoms with van der Waals surface area (Å²) in [6, 6.07) is 0. The lowest BCUT2D eigenvalue weighted by atomic mass is 10.0. The number of aryl methyl sites for hydroxylation is 1. The lowest BCUT2D eigenvalue weighted by molar-refractivity contribution is -0.141. The van der Waals surface area contributed by atoms with Gasteiger partial charge in [-0.2, -0.15) is 5.10 Å². The van der Waals surface area contributed by atoms with E-state index in [1.54, 1.807) is 6.92 Å². The molecule has 1 heterocycles. The normalized spacial score (nSPS) is 17.7.